The molecule has 2 saturated heterocycles. The fraction of sp³-hybridized carbons (Fsp3) is 0.588. The van der Waals surface area contributed by atoms with E-state index >= 15 is 0 Å². The molecule has 14 nitrogen and oxygen atoms in total. The zero-order valence-electron chi connectivity index (χ0n) is 26.6. The molecule has 3 heterocycles. The zero-order valence-corrected chi connectivity index (χ0v) is 26.6. The summed E-state index contributed by atoms with van der Waals surface area (Å²) in [5.74, 6) is -1.81. The highest BCUT2D eigenvalue weighted by atomic mass is 16.7. The zero-order chi connectivity index (χ0) is 34.4. The van der Waals surface area contributed by atoms with Gasteiger partial charge in [0, 0.05) is 23.0 Å². The minimum Gasteiger partial charge on any atom is -0.493 e. The van der Waals surface area contributed by atoms with Crippen molar-refractivity contribution >= 4 is 18.0 Å². The van der Waals surface area contributed by atoms with Crippen LogP contribution in [-0.2, 0) is 23.8 Å². The molecule has 2 aliphatic heterocycles. The molecule has 4 aliphatic rings. The number of ether oxygens (including phenoxy) is 5. The van der Waals surface area contributed by atoms with Gasteiger partial charge in [0.25, 0.3) is 0 Å². The van der Waals surface area contributed by atoms with Crippen LogP contribution in [0.5, 0.6) is 11.5 Å². The summed E-state index contributed by atoms with van der Waals surface area (Å²) in [5.41, 5.74) is -1.64. The fourth-order valence-corrected chi connectivity index (χ4v) is 8.06. The molecule has 2 aliphatic carbocycles. The number of hydrogen-bond acceptors (Lipinski definition) is 14. The predicted molar refractivity (Wildman–Crippen MR) is 163 cm³/mol. The van der Waals surface area contributed by atoms with Crippen LogP contribution in [0.1, 0.15) is 56.3 Å². The Kier molecular flexibility index (Phi) is 9.61. The topological polar surface area (TPSA) is 215 Å². The van der Waals surface area contributed by atoms with E-state index in [4.69, 9.17) is 28.1 Å². The van der Waals surface area contributed by atoms with E-state index < -0.39 is 84.5 Å². The molecule has 1 aromatic carbocycles. The molecule has 0 bridgehead atoms. The number of aliphatic hydroxyl groups excluding tert-OH is 5. The number of fused-ring (bicyclic) bond motifs is 3. The fourth-order valence-electron chi connectivity index (χ4n) is 8.06. The number of benzene rings is 1. The Labute approximate surface area is 276 Å². The molecule has 1 aromatic heterocycles. The Bertz CT molecular complexity index is 1490. The molecule has 0 unspecified atom stereocenters. The van der Waals surface area contributed by atoms with Gasteiger partial charge in [0.05, 0.1) is 32.3 Å². The average Bonchev–Trinajstić information content (AvgIpc) is 3.62. The lowest BCUT2D eigenvalue weighted by Gasteiger charge is -2.61. The third kappa shape index (κ3) is 5.99. The lowest BCUT2D eigenvalue weighted by Crippen LogP contribution is -2.68. The molecule has 12 atom stereocenters. The number of carbonyl (C=O) groups excluding carboxylic acids is 2. The highest BCUT2D eigenvalue weighted by Gasteiger charge is 2.68. The number of aliphatic hydroxyl groups is 6. The third-order valence-electron chi connectivity index (χ3n) is 10.7. The van der Waals surface area contributed by atoms with Crippen molar-refractivity contribution in [1.82, 2.24) is 0 Å². The molecular weight excluding hydrogens is 632 g/mol. The van der Waals surface area contributed by atoms with E-state index in [1.54, 1.807) is 18.2 Å². The largest absolute Gasteiger partial charge is 0.493 e. The van der Waals surface area contributed by atoms with Crippen LogP contribution in [0.25, 0.3) is 6.08 Å². The van der Waals surface area contributed by atoms with E-state index in [1.165, 1.54) is 37.9 Å². The summed E-state index contributed by atoms with van der Waals surface area (Å²) >= 11 is 0. The Balaban J connectivity index is 1.14. The van der Waals surface area contributed by atoms with Crippen molar-refractivity contribution in [1.29, 1.82) is 0 Å². The first kappa shape index (κ1) is 34.4. The first-order valence-electron chi connectivity index (χ1n) is 16.1. The maximum atomic E-state index is 13.2. The Morgan fingerprint density at radius 1 is 1.06 bits per heavy atom. The number of furan rings is 1. The van der Waals surface area contributed by atoms with E-state index in [1.807, 2.05) is 6.92 Å². The summed E-state index contributed by atoms with van der Waals surface area (Å²) in [6, 6.07) is 6.39. The van der Waals surface area contributed by atoms with Gasteiger partial charge in [-0.15, -0.1) is 0 Å². The molecular formula is C34H42O14. The summed E-state index contributed by atoms with van der Waals surface area (Å²) in [5, 5.41) is 62.8. The van der Waals surface area contributed by atoms with Crippen molar-refractivity contribution in [3.8, 4) is 11.5 Å². The second-order valence-corrected chi connectivity index (χ2v) is 13.3. The molecule has 0 radical (unpaired) electrons. The van der Waals surface area contributed by atoms with Gasteiger partial charge in [-0.05, 0) is 67.9 Å². The van der Waals surface area contributed by atoms with Crippen LogP contribution >= 0.6 is 0 Å². The van der Waals surface area contributed by atoms with E-state index in [9.17, 15) is 40.2 Å². The molecule has 0 spiro atoms. The number of methoxy groups -OCH3 is 1. The van der Waals surface area contributed by atoms with Crippen LogP contribution in [0.3, 0.4) is 0 Å². The summed E-state index contributed by atoms with van der Waals surface area (Å²) < 4.78 is 33.3. The number of rotatable bonds is 8. The number of carbonyl (C=O) groups is 2. The van der Waals surface area contributed by atoms with Gasteiger partial charge in [-0.25, -0.2) is 9.59 Å². The standard InChI is InChI=1S/C34H42O14/c1-33-14-24(18-10-12-44-16-18)48-32(41)34(33,42)11-9-19-21(7-5-20(36)27(19)33)45-26(37)8-4-17-3-6-22(23(13-17)43-2)46-31-30(40)29(39)28(38)25(15-35)47-31/h3-4,6,8,10,12-13,16,19-21,24-25,27-31,35-36,38-40,42H,5,7,9,11,14-15H2,1-2H3/b8-4+/t19-,20+,21-,24+,25-,27+,28-,29+,30-,31-,33+,34-/m1/s1. The van der Waals surface area contributed by atoms with Crippen molar-refractivity contribution in [2.75, 3.05) is 13.7 Å². The molecule has 14 heteroatoms. The summed E-state index contributed by atoms with van der Waals surface area (Å²) in [6.07, 6.45) is -2.06. The minimum atomic E-state index is -1.79. The Hall–Kier alpha value is -3.50. The highest BCUT2D eigenvalue weighted by molar-refractivity contribution is 5.87. The molecule has 2 saturated carbocycles. The molecule has 0 amide bonds. The van der Waals surface area contributed by atoms with E-state index in [-0.39, 0.29) is 30.3 Å². The number of hydrogen-bond donors (Lipinski definition) is 6. The second-order valence-electron chi connectivity index (χ2n) is 13.3. The van der Waals surface area contributed by atoms with Gasteiger partial charge < -0.3 is 58.7 Å². The van der Waals surface area contributed by atoms with Gasteiger partial charge in [-0.1, -0.05) is 13.0 Å². The maximum Gasteiger partial charge on any atom is 0.339 e. The van der Waals surface area contributed by atoms with Crippen molar-refractivity contribution in [3.63, 3.8) is 0 Å². The van der Waals surface area contributed by atoms with Gasteiger partial charge in [0.1, 0.15) is 36.6 Å². The predicted octanol–water partition coefficient (Wildman–Crippen LogP) is 0.998. The van der Waals surface area contributed by atoms with Crippen molar-refractivity contribution in [3.05, 3.63) is 54.0 Å². The molecule has 6 rings (SSSR count). The normalized spacial score (nSPS) is 39.6. The first-order chi connectivity index (χ1) is 22.9. The van der Waals surface area contributed by atoms with Crippen molar-refractivity contribution in [2.24, 2.45) is 17.3 Å². The quantitative estimate of drug-likeness (QED) is 0.170. The SMILES string of the molecule is COc1cc(/C=C/C(=O)O[C@@H]2CC[C@H](O)[C@@H]3[C@@H]2CC[C@@]2(O)C(=O)O[C@H](c4ccoc4)C[C@@]32C)ccc1O[C@@H]1O[C@H](CO)[C@@H](O)[C@H](O)[C@H]1O. The highest BCUT2D eigenvalue weighted by Crippen LogP contribution is 2.61. The van der Waals surface area contributed by atoms with Crippen molar-refractivity contribution < 1.29 is 68.3 Å². The molecule has 2 aromatic rings. The average molecular weight is 675 g/mol. The van der Waals surface area contributed by atoms with Gasteiger partial charge >= 0.3 is 11.9 Å². The van der Waals surface area contributed by atoms with Crippen LogP contribution in [0.2, 0.25) is 0 Å². The van der Waals surface area contributed by atoms with Gasteiger partial charge in [0.2, 0.25) is 6.29 Å². The summed E-state index contributed by atoms with van der Waals surface area (Å²) in [7, 11) is 1.39. The van der Waals surface area contributed by atoms with Gasteiger partial charge in [-0.3, -0.25) is 0 Å². The Morgan fingerprint density at radius 3 is 2.56 bits per heavy atom. The van der Waals surface area contributed by atoms with Crippen LogP contribution < -0.4 is 9.47 Å². The van der Waals surface area contributed by atoms with Crippen LogP contribution in [-0.4, -0.2) is 105 Å². The van der Waals surface area contributed by atoms with Crippen LogP contribution in [0, 0.1) is 17.3 Å². The van der Waals surface area contributed by atoms with E-state index in [0.29, 0.717) is 30.4 Å². The molecule has 48 heavy (non-hydrogen) atoms. The number of esters is 2. The van der Waals surface area contributed by atoms with E-state index in [2.05, 4.69) is 0 Å². The first-order valence-corrected chi connectivity index (χ1v) is 16.1. The minimum absolute atomic E-state index is 0.107. The monoisotopic (exact) mass is 674 g/mol. The van der Waals surface area contributed by atoms with Crippen LogP contribution in [0.15, 0.2) is 47.3 Å². The molecule has 6 N–H and O–H groups in total. The summed E-state index contributed by atoms with van der Waals surface area (Å²) in [4.78, 5) is 26.3. The van der Waals surface area contributed by atoms with Gasteiger partial charge in [-0.2, -0.15) is 0 Å². The van der Waals surface area contributed by atoms with Crippen molar-refractivity contribution in [2.45, 2.75) is 93.6 Å². The third-order valence-corrected chi connectivity index (χ3v) is 10.7. The lowest BCUT2D eigenvalue weighted by atomic mass is 9.48. The maximum absolute atomic E-state index is 13.2. The number of cyclic esters (lactones) is 1. The van der Waals surface area contributed by atoms with Crippen LogP contribution in [0.4, 0.5) is 0 Å². The van der Waals surface area contributed by atoms with E-state index in [0.717, 1.165) is 0 Å². The molecule has 4 fully saturated rings. The summed E-state index contributed by atoms with van der Waals surface area (Å²) in [6.45, 7) is 1.20. The second kappa shape index (κ2) is 13.4. The lowest BCUT2D eigenvalue weighted by molar-refractivity contribution is -0.277. The van der Waals surface area contributed by atoms with Gasteiger partial charge in [0.15, 0.2) is 17.1 Å². The molecule has 262 valence electrons. The smallest absolute Gasteiger partial charge is 0.339 e. The Morgan fingerprint density at radius 2 is 1.85 bits per heavy atom.